The van der Waals surface area contributed by atoms with E-state index in [0.717, 1.165) is 5.75 Å². The van der Waals surface area contributed by atoms with Crippen molar-refractivity contribution in [3.05, 3.63) is 29.3 Å². The van der Waals surface area contributed by atoms with Crippen LogP contribution in [-0.2, 0) is 0 Å². The number of hydrogen-bond acceptors (Lipinski definition) is 3. The summed E-state index contributed by atoms with van der Waals surface area (Å²) in [6, 6.07) is 6.34. The van der Waals surface area contributed by atoms with Gasteiger partial charge in [-0.3, -0.25) is 0 Å². The number of rotatable bonds is 3. The molecule has 0 radical (unpaired) electrons. The summed E-state index contributed by atoms with van der Waals surface area (Å²) < 4.78 is 5.21. The predicted octanol–water partition coefficient (Wildman–Crippen LogP) is 2.90. The molecule has 2 atom stereocenters. The van der Waals surface area contributed by atoms with Crippen LogP contribution in [0.15, 0.2) is 18.2 Å². The van der Waals surface area contributed by atoms with Crippen LogP contribution in [0.25, 0.3) is 0 Å². The Morgan fingerprint density at radius 3 is 2.88 bits per heavy atom. The molecule has 1 fully saturated rings. The second kappa shape index (κ2) is 5.11. The first-order valence-corrected chi connectivity index (χ1v) is 6.79. The largest absolute Gasteiger partial charge is 0.497 e. The van der Waals surface area contributed by atoms with E-state index >= 15 is 0 Å². The summed E-state index contributed by atoms with van der Waals surface area (Å²) in [6.45, 7) is 2.11. The maximum absolute atomic E-state index is 6.33. The summed E-state index contributed by atoms with van der Waals surface area (Å²) >= 11 is 2.01. The summed E-state index contributed by atoms with van der Waals surface area (Å²) in [5.74, 6) is 2.17. The van der Waals surface area contributed by atoms with E-state index in [2.05, 4.69) is 19.1 Å². The third-order valence-electron chi connectivity index (χ3n) is 3.20. The molecule has 1 saturated heterocycles. The van der Waals surface area contributed by atoms with Crippen LogP contribution in [0.3, 0.4) is 0 Å². The average molecular weight is 237 g/mol. The van der Waals surface area contributed by atoms with Gasteiger partial charge in [-0.1, -0.05) is 6.07 Å². The molecule has 0 spiro atoms. The zero-order chi connectivity index (χ0) is 11.5. The number of methoxy groups -OCH3 is 1. The molecule has 0 aromatic heterocycles. The van der Waals surface area contributed by atoms with Gasteiger partial charge < -0.3 is 10.5 Å². The molecule has 2 unspecified atom stereocenters. The van der Waals surface area contributed by atoms with Crippen LogP contribution in [0.5, 0.6) is 5.75 Å². The van der Waals surface area contributed by atoms with Crippen molar-refractivity contribution in [1.82, 2.24) is 0 Å². The second-order valence-corrected chi connectivity index (χ2v) is 5.65. The van der Waals surface area contributed by atoms with Crippen molar-refractivity contribution in [2.75, 3.05) is 12.9 Å². The Kier molecular flexibility index (Phi) is 3.77. The van der Waals surface area contributed by atoms with Crippen LogP contribution in [0.1, 0.15) is 30.0 Å². The Labute approximate surface area is 102 Å². The average Bonchev–Trinajstić information content (AvgIpc) is 2.81. The summed E-state index contributed by atoms with van der Waals surface area (Å²) in [5.41, 5.74) is 8.83. The van der Waals surface area contributed by atoms with Crippen LogP contribution in [0.4, 0.5) is 0 Å². The first-order chi connectivity index (χ1) is 7.72. The molecule has 0 aliphatic carbocycles. The highest BCUT2D eigenvalue weighted by molar-refractivity contribution is 8.00. The van der Waals surface area contributed by atoms with Gasteiger partial charge in [0.2, 0.25) is 0 Å². The monoisotopic (exact) mass is 237 g/mol. The van der Waals surface area contributed by atoms with Crippen LogP contribution in [0.2, 0.25) is 0 Å². The minimum atomic E-state index is 0.165. The number of ether oxygens (including phenoxy) is 1. The topological polar surface area (TPSA) is 35.2 Å². The van der Waals surface area contributed by atoms with Gasteiger partial charge in [0, 0.05) is 11.3 Å². The minimum Gasteiger partial charge on any atom is -0.497 e. The number of benzene rings is 1. The summed E-state index contributed by atoms with van der Waals surface area (Å²) in [5, 5.41) is 0.590. The molecule has 0 amide bonds. The minimum absolute atomic E-state index is 0.165. The van der Waals surface area contributed by atoms with Gasteiger partial charge in [-0.25, -0.2) is 0 Å². The zero-order valence-corrected chi connectivity index (χ0v) is 10.7. The molecule has 0 bridgehead atoms. The van der Waals surface area contributed by atoms with Gasteiger partial charge in [0.1, 0.15) is 5.75 Å². The summed E-state index contributed by atoms with van der Waals surface area (Å²) in [4.78, 5) is 0. The highest BCUT2D eigenvalue weighted by Gasteiger charge is 2.24. The Morgan fingerprint density at radius 2 is 2.31 bits per heavy atom. The van der Waals surface area contributed by atoms with Gasteiger partial charge in [-0.2, -0.15) is 11.8 Å². The third kappa shape index (κ3) is 2.36. The lowest BCUT2D eigenvalue weighted by atomic mass is 9.97. The first kappa shape index (κ1) is 11.8. The Morgan fingerprint density at radius 1 is 1.50 bits per heavy atom. The van der Waals surface area contributed by atoms with Crippen molar-refractivity contribution in [2.45, 2.75) is 31.1 Å². The van der Waals surface area contributed by atoms with E-state index < -0.39 is 0 Å². The van der Waals surface area contributed by atoms with Crippen molar-refractivity contribution >= 4 is 11.8 Å². The van der Waals surface area contributed by atoms with Gasteiger partial charge in [0.05, 0.1) is 7.11 Å². The van der Waals surface area contributed by atoms with E-state index in [0.29, 0.717) is 5.25 Å². The quantitative estimate of drug-likeness (QED) is 0.878. The lowest BCUT2D eigenvalue weighted by Gasteiger charge is -2.20. The highest BCUT2D eigenvalue weighted by atomic mass is 32.2. The lowest BCUT2D eigenvalue weighted by molar-refractivity contribution is 0.414. The predicted molar refractivity (Wildman–Crippen MR) is 70.1 cm³/mol. The van der Waals surface area contributed by atoms with Crippen LogP contribution in [0, 0.1) is 6.92 Å². The van der Waals surface area contributed by atoms with Gasteiger partial charge in [-0.15, -0.1) is 0 Å². The second-order valence-electron chi connectivity index (χ2n) is 4.30. The third-order valence-corrected chi connectivity index (χ3v) is 4.68. The molecule has 3 heteroatoms. The van der Waals surface area contributed by atoms with Crippen molar-refractivity contribution in [2.24, 2.45) is 5.73 Å². The number of thioether (sulfide) groups is 1. The number of hydrogen-bond donors (Lipinski definition) is 1. The van der Waals surface area contributed by atoms with Crippen LogP contribution in [-0.4, -0.2) is 18.1 Å². The fourth-order valence-electron chi connectivity index (χ4n) is 2.24. The summed E-state index contributed by atoms with van der Waals surface area (Å²) in [7, 11) is 1.70. The van der Waals surface area contributed by atoms with Gasteiger partial charge in [0.15, 0.2) is 0 Å². The standard InChI is InChI=1S/C13H19NOS/c1-9-8-10(15-2)5-6-11(9)13(14)12-4-3-7-16-12/h5-6,8,12-13H,3-4,7,14H2,1-2H3. The molecule has 2 rings (SSSR count). The fourth-order valence-corrected chi connectivity index (χ4v) is 3.56. The van der Waals surface area contributed by atoms with E-state index in [1.807, 2.05) is 17.8 Å². The summed E-state index contributed by atoms with van der Waals surface area (Å²) in [6.07, 6.45) is 2.55. The van der Waals surface area contributed by atoms with E-state index in [9.17, 15) is 0 Å². The number of nitrogens with two attached hydrogens (primary N) is 1. The Hall–Kier alpha value is -0.670. The molecule has 1 aromatic carbocycles. The molecule has 2 N–H and O–H groups in total. The highest BCUT2D eigenvalue weighted by Crippen LogP contribution is 2.36. The SMILES string of the molecule is COc1ccc(C(N)C2CCCS2)c(C)c1. The fraction of sp³-hybridized carbons (Fsp3) is 0.538. The molecule has 1 heterocycles. The Balaban J connectivity index is 2.19. The van der Waals surface area contributed by atoms with Crippen LogP contribution < -0.4 is 10.5 Å². The number of aryl methyl sites for hydroxylation is 1. The molecule has 2 nitrogen and oxygen atoms in total. The van der Waals surface area contributed by atoms with E-state index in [1.54, 1.807) is 7.11 Å². The normalized spacial score (nSPS) is 22.1. The first-order valence-electron chi connectivity index (χ1n) is 5.74. The lowest BCUT2D eigenvalue weighted by Crippen LogP contribution is -2.22. The van der Waals surface area contributed by atoms with Gasteiger partial charge in [0.25, 0.3) is 0 Å². The van der Waals surface area contributed by atoms with Crippen molar-refractivity contribution in [3.63, 3.8) is 0 Å². The van der Waals surface area contributed by atoms with E-state index in [-0.39, 0.29) is 6.04 Å². The molecule has 1 aliphatic rings. The van der Waals surface area contributed by atoms with E-state index in [1.165, 1.54) is 29.7 Å². The van der Waals surface area contributed by atoms with Crippen molar-refractivity contribution < 1.29 is 4.74 Å². The molecule has 88 valence electrons. The molecule has 1 aliphatic heterocycles. The van der Waals surface area contributed by atoms with Gasteiger partial charge >= 0.3 is 0 Å². The maximum atomic E-state index is 6.33. The van der Waals surface area contributed by atoms with E-state index in [4.69, 9.17) is 10.5 Å². The maximum Gasteiger partial charge on any atom is 0.119 e. The smallest absolute Gasteiger partial charge is 0.119 e. The molecule has 0 saturated carbocycles. The molecular weight excluding hydrogens is 218 g/mol. The zero-order valence-electron chi connectivity index (χ0n) is 9.90. The van der Waals surface area contributed by atoms with Crippen molar-refractivity contribution in [1.29, 1.82) is 0 Å². The van der Waals surface area contributed by atoms with Crippen LogP contribution >= 0.6 is 11.8 Å². The van der Waals surface area contributed by atoms with Crippen molar-refractivity contribution in [3.8, 4) is 5.75 Å². The van der Waals surface area contributed by atoms with Gasteiger partial charge in [-0.05, 0) is 48.8 Å². The Bertz CT molecular complexity index is 361. The molecule has 16 heavy (non-hydrogen) atoms. The molecular formula is C13H19NOS. The molecule has 1 aromatic rings.